The second kappa shape index (κ2) is 7.54. The van der Waals surface area contributed by atoms with Crippen LogP contribution in [0.2, 0.25) is 5.02 Å². The number of hydrogen-bond donors (Lipinski definition) is 2. The maximum Gasteiger partial charge on any atom is 0.335 e. The Hall–Kier alpha value is -3.96. The first-order chi connectivity index (χ1) is 16.5. The van der Waals surface area contributed by atoms with Crippen molar-refractivity contribution in [1.82, 2.24) is 4.98 Å². The molecule has 3 aromatic carbocycles. The number of rotatable bonds is 4. The number of carboxylic acids is 1. The highest BCUT2D eigenvalue weighted by molar-refractivity contribution is 6.34. The van der Waals surface area contributed by atoms with Gasteiger partial charge in [0.1, 0.15) is 0 Å². The van der Waals surface area contributed by atoms with Gasteiger partial charge in [-0.25, -0.2) is 4.79 Å². The van der Waals surface area contributed by atoms with Crippen molar-refractivity contribution in [2.45, 2.75) is 17.8 Å². The number of fused-ring (bicyclic) bond motifs is 2. The number of aromatic carboxylic acids is 1. The molecule has 1 saturated carbocycles. The minimum atomic E-state index is -0.975. The second-order valence-electron chi connectivity index (χ2n) is 8.80. The highest BCUT2D eigenvalue weighted by Crippen LogP contribution is 2.65. The van der Waals surface area contributed by atoms with E-state index < -0.39 is 11.4 Å². The molecule has 1 aliphatic heterocycles. The maximum absolute atomic E-state index is 13.1. The number of pyridine rings is 1. The summed E-state index contributed by atoms with van der Waals surface area (Å²) in [5, 5.41) is 12.9. The van der Waals surface area contributed by atoms with E-state index in [1.807, 2.05) is 54.6 Å². The summed E-state index contributed by atoms with van der Waals surface area (Å²) in [4.78, 5) is 28.6. The number of anilines is 1. The summed E-state index contributed by atoms with van der Waals surface area (Å²) in [6.45, 7) is 0. The molecule has 0 radical (unpaired) electrons. The van der Waals surface area contributed by atoms with Gasteiger partial charge in [0.05, 0.1) is 16.0 Å². The van der Waals surface area contributed by atoms with Crippen LogP contribution >= 0.6 is 11.6 Å². The highest BCUT2D eigenvalue weighted by atomic mass is 35.5. The Balaban J connectivity index is 1.38. The van der Waals surface area contributed by atoms with E-state index in [1.54, 1.807) is 30.6 Å². The first-order valence-electron chi connectivity index (χ1n) is 11.0. The molecule has 1 aromatic heterocycles. The smallest absolute Gasteiger partial charge is 0.335 e. The fourth-order valence-corrected chi connectivity index (χ4v) is 5.38. The van der Waals surface area contributed by atoms with Crippen molar-refractivity contribution in [2.24, 2.45) is 0 Å². The molecule has 166 valence electrons. The molecule has 2 unspecified atom stereocenters. The number of benzene rings is 3. The molecular formula is C28H19ClN2O3. The Bertz CT molecular complexity index is 1470. The summed E-state index contributed by atoms with van der Waals surface area (Å²) < 4.78 is 0. The molecule has 1 spiro atoms. The van der Waals surface area contributed by atoms with Crippen LogP contribution in [0, 0.1) is 0 Å². The molecule has 0 bridgehead atoms. The summed E-state index contributed by atoms with van der Waals surface area (Å²) >= 11 is 6.64. The fraction of sp³-hybridized carbons (Fsp3) is 0.107. The molecule has 4 aromatic rings. The van der Waals surface area contributed by atoms with Crippen molar-refractivity contribution in [3.05, 3.63) is 107 Å². The Labute approximate surface area is 201 Å². The minimum absolute atomic E-state index is 0.0607. The van der Waals surface area contributed by atoms with E-state index in [0.717, 1.165) is 39.1 Å². The molecule has 1 aliphatic carbocycles. The van der Waals surface area contributed by atoms with E-state index >= 15 is 0 Å². The van der Waals surface area contributed by atoms with Crippen molar-refractivity contribution in [1.29, 1.82) is 0 Å². The molecule has 1 fully saturated rings. The van der Waals surface area contributed by atoms with E-state index in [2.05, 4.69) is 10.3 Å². The molecule has 2 N–H and O–H groups in total. The molecule has 2 aliphatic rings. The molecule has 5 nitrogen and oxygen atoms in total. The average molecular weight is 467 g/mol. The predicted octanol–water partition coefficient (Wildman–Crippen LogP) is 6.14. The molecule has 2 atom stereocenters. The Kier molecular flexibility index (Phi) is 4.57. The van der Waals surface area contributed by atoms with Gasteiger partial charge in [-0.15, -0.1) is 0 Å². The number of carbonyl (C=O) groups excluding carboxylic acids is 1. The van der Waals surface area contributed by atoms with Gasteiger partial charge in [0.2, 0.25) is 5.91 Å². The lowest BCUT2D eigenvalue weighted by Crippen LogP contribution is -2.21. The van der Waals surface area contributed by atoms with Crippen LogP contribution in [0.1, 0.15) is 33.8 Å². The Morgan fingerprint density at radius 3 is 2.41 bits per heavy atom. The van der Waals surface area contributed by atoms with Crippen LogP contribution in [-0.4, -0.2) is 22.0 Å². The zero-order valence-electron chi connectivity index (χ0n) is 18.0. The van der Waals surface area contributed by atoms with Crippen LogP contribution in [0.25, 0.3) is 22.3 Å². The Morgan fingerprint density at radius 1 is 0.971 bits per heavy atom. The zero-order valence-corrected chi connectivity index (χ0v) is 18.7. The van der Waals surface area contributed by atoms with E-state index in [1.165, 1.54) is 0 Å². The lowest BCUT2D eigenvalue weighted by Gasteiger charge is -2.13. The van der Waals surface area contributed by atoms with Gasteiger partial charge in [0.25, 0.3) is 0 Å². The third-order valence-electron chi connectivity index (χ3n) is 6.95. The normalized spacial score (nSPS) is 20.1. The van der Waals surface area contributed by atoms with Gasteiger partial charge in [-0.2, -0.15) is 0 Å². The van der Waals surface area contributed by atoms with Crippen molar-refractivity contribution < 1.29 is 14.7 Å². The lowest BCUT2D eigenvalue weighted by atomic mass is 9.89. The summed E-state index contributed by atoms with van der Waals surface area (Å²) in [5.74, 6) is -1.11. The topological polar surface area (TPSA) is 79.3 Å². The number of carboxylic acid groups (broad SMARTS) is 1. The van der Waals surface area contributed by atoms with Crippen molar-refractivity contribution in [3.8, 4) is 22.3 Å². The predicted molar refractivity (Wildman–Crippen MR) is 131 cm³/mol. The van der Waals surface area contributed by atoms with Crippen LogP contribution < -0.4 is 5.32 Å². The average Bonchev–Trinajstić information content (AvgIpc) is 3.56. The number of amides is 1. The van der Waals surface area contributed by atoms with Gasteiger partial charge in [0, 0.05) is 29.6 Å². The van der Waals surface area contributed by atoms with Crippen LogP contribution in [0.4, 0.5) is 5.69 Å². The lowest BCUT2D eigenvalue weighted by molar-refractivity contribution is -0.118. The number of hydrogen-bond acceptors (Lipinski definition) is 3. The molecule has 6 heteroatoms. The van der Waals surface area contributed by atoms with Gasteiger partial charge in [-0.1, -0.05) is 48.0 Å². The van der Waals surface area contributed by atoms with Crippen molar-refractivity contribution >= 4 is 29.2 Å². The van der Waals surface area contributed by atoms with E-state index in [-0.39, 0.29) is 17.4 Å². The summed E-state index contributed by atoms with van der Waals surface area (Å²) in [5.41, 5.74) is 6.03. The third-order valence-corrected chi connectivity index (χ3v) is 7.26. The first kappa shape index (κ1) is 20.6. The zero-order chi connectivity index (χ0) is 23.4. The first-order valence-corrected chi connectivity index (χ1v) is 11.3. The van der Waals surface area contributed by atoms with E-state index in [9.17, 15) is 14.7 Å². The number of nitrogens with one attached hydrogen (secondary N) is 1. The summed E-state index contributed by atoms with van der Waals surface area (Å²) in [6.07, 6.45) is 4.17. The van der Waals surface area contributed by atoms with Gasteiger partial charge in [-0.3, -0.25) is 9.78 Å². The maximum atomic E-state index is 13.1. The van der Waals surface area contributed by atoms with Crippen LogP contribution in [0.5, 0.6) is 0 Å². The number of nitrogens with zero attached hydrogens (tertiary/aromatic N) is 1. The standard InChI is InChI=1S/C28H19ClN2O3/c29-24-14-25-22(13-21(24)18-6-4-16(5-7-18)17-8-10-30-11-9-17)28(27(34)31-25)15-23(28)19-2-1-3-20(12-19)26(32)33/h1-14,23H,15H2,(H,31,34)(H,32,33). The van der Waals surface area contributed by atoms with Crippen LogP contribution in [0.15, 0.2) is 85.2 Å². The number of aromatic nitrogens is 1. The van der Waals surface area contributed by atoms with E-state index in [4.69, 9.17) is 11.6 Å². The SMILES string of the molecule is O=C(O)c1cccc(C2CC23C(=O)Nc2cc(Cl)c(-c4ccc(-c5ccncc5)cc4)cc23)c1. The molecular weight excluding hydrogens is 448 g/mol. The van der Waals surface area contributed by atoms with Crippen molar-refractivity contribution in [3.63, 3.8) is 0 Å². The molecule has 34 heavy (non-hydrogen) atoms. The van der Waals surface area contributed by atoms with Gasteiger partial charge in [0.15, 0.2) is 0 Å². The second-order valence-corrected chi connectivity index (χ2v) is 9.21. The summed E-state index contributed by atoms with van der Waals surface area (Å²) in [6, 6.07) is 22.8. The fourth-order valence-electron chi connectivity index (χ4n) is 5.11. The monoisotopic (exact) mass is 466 g/mol. The molecule has 6 rings (SSSR count). The van der Waals surface area contributed by atoms with Crippen LogP contribution in [0.3, 0.4) is 0 Å². The molecule has 1 amide bonds. The summed E-state index contributed by atoms with van der Waals surface area (Å²) in [7, 11) is 0. The Morgan fingerprint density at radius 2 is 1.68 bits per heavy atom. The van der Waals surface area contributed by atoms with Crippen molar-refractivity contribution in [2.75, 3.05) is 5.32 Å². The van der Waals surface area contributed by atoms with E-state index in [0.29, 0.717) is 11.4 Å². The largest absolute Gasteiger partial charge is 0.478 e. The van der Waals surface area contributed by atoms with Crippen LogP contribution in [-0.2, 0) is 10.2 Å². The minimum Gasteiger partial charge on any atom is -0.478 e. The number of halogens is 1. The highest BCUT2D eigenvalue weighted by Gasteiger charge is 2.65. The number of carbonyl (C=O) groups is 2. The van der Waals surface area contributed by atoms with Gasteiger partial charge < -0.3 is 10.4 Å². The third kappa shape index (κ3) is 3.12. The molecule has 2 heterocycles. The molecule has 0 saturated heterocycles. The van der Waals surface area contributed by atoms with Gasteiger partial charge >= 0.3 is 5.97 Å². The van der Waals surface area contributed by atoms with Gasteiger partial charge in [-0.05, 0) is 70.6 Å². The quantitative estimate of drug-likeness (QED) is 0.378.